The predicted molar refractivity (Wildman–Crippen MR) is 96.9 cm³/mol. The number of nitrogens with zero attached hydrogens (tertiary/aromatic N) is 1. The van der Waals surface area contributed by atoms with Crippen molar-refractivity contribution in [3.63, 3.8) is 0 Å². The number of rotatable bonds is 3. The quantitative estimate of drug-likeness (QED) is 0.528. The lowest BCUT2D eigenvalue weighted by Gasteiger charge is -2.27. The van der Waals surface area contributed by atoms with Gasteiger partial charge in [0.2, 0.25) is 5.91 Å². The molecule has 3 N–H and O–H groups in total. The minimum absolute atomic E-state index is 0.0122. The fourth-order valence-electron chi connectivity index (χ4n) is 2.62. The molecule has 5 nitrogen and oxygen atoms in total. The molecule has 2 unspecified atom stereocenters. The van der Waals surface area contributed by atoms with Gasteiger partial charge in [-0.25, -0.2) is 4.39 Å². The molecular formula is C18H13F4N3O2S. The third-order valence-electron chi connectivity index (χ3n) is 4.00. The van der Waals surface area contributed by atoms with E-state index in [0.717, 1.165) is 12.3 Å². The molecule has 0 radical (unpaired) electrons. The zero-order valence-electron chi connectivity index (χ0n) is 14.0. The minimum atomic E-state index is -4.57. The number of pyridine rings is 1. The zero-order chi connectivity index (χ0) is 20.5. The Hall–Kier alpha value is -3.01. The summed E-state index contributed by atoms with van der Waals surface area (Å²) in [4.78, 5) is 15.7. The van der Waals surface area contributed by atoms with Gasteiger partial charge in [0, 0.05) is 11.9 Å². The number of carbonyl (C=O) groups excluding carboxylic acids is 1. The van der Waals surface area contributed by atoms with Crippen LogP contribution in [0.1, 0.15) is 17.3 Å². The molecule has 0 saturated heterocycles. The first-order chi connectivity index (χ1) is 13.1. The Morgan fingerprint density at radius 2 is 1.86 bits per heavy atom. The van der Waals surface area contributed by atoms with E-state index in [-0.39, 0.29) is 16.3 Å². The Kier molecular flexibility index (Phi) is 5.32. The summed E-state index contributed by atoms with van der Waals surface area (Å²) >= 11 is 5.15. The zero-order valence-corrected chi connectivity index (χ0v) is 14.8. The van der Waals surface area contributed by atoms with Gasteiger partial charge in [-0.2, -0.15) is 13.2 Å². The molecule has 10 heteroatoms. The lowest BCUT2D eigenvalue weighted by Crippen LogP contribution is -2.43. The SMILES string of the molecule is O=C1NC(c2ccc(C(F)(F)F)nc2)C=C(O)C1C(=S)Nc1ccc(F)cc1. The Labute approximate surface area is 162 Å². The van der Waals surface area contributed by atoms with Gasteiger partial charge >= 0.3 is 6.18 Å². The number of alkyl halides is 3. The normalized spacial score (nSPS) is 19.6. The Balaban J connectivity index is 1.76. The first kappa shape index (κ1) is 19.7. The summed E-state index contributed by atoms with van der Waals surface area (Å²) in [6.45, 7) is 0. The van der Waals surface area contributed by atoms with E-state index < -0.39 is 35.6 Å². The number of carbonyl (C=O) groups is 1. The van der Waals surface area contributed by atoms with Gasteiger partial charge in [-0.15, -0.1) is 0 Å². The standard InChI is InChI=1S/C18H13F4N3O2S/c19-10-2-4-11(5-3-10)24-17(28)15-13(26)7-12(25-16(15)27)9-1-6-14(23-8-9)18(20,21)22/h1-8,12,15,26H,(H,24,28)(H,25,27). The van der Waals surface area contributed by atoms with Gasteiger partial charge in [0.1, 0.15) is 28.2 Å². The molecule has 2 atom stereocenters. The van der Waals surface area contributed by atoms with Crippen molar-refractivity contribution in [2.24, 2.45) is 5.92 Å². The smallest absolute Gasteiger partial charge is 0.433 e. The third-order valence-corrected chi connectivity index (χ3v) is 4.34. The maximum Gasteiger partial charge on any atom is 0.433 e. The lowest BCUT2D eigenvalue weighted by atomic mass is 9.96. The minimum Gasteiger partial charge on any atom is -0.511 e. The van der Waals surface area contributed by atoms with Crippen molar-refractivity contribution in [2.75, 3.05) is 5.32 Å². The van der Waals surface area contributed by atoms with Crippen LogP contribution in [0.3, 0.4) is 0 Å². The van der Waals surface area contributed by atoms with Crippen molar-refractivity contribution < 1.29 is 27.5 Å². The summed E-state index contributed by atoms with van der Waals surface area (Å²) in [6, 6.07) is 6.34. The first-order valence-electron chi connectivity index (χ1n) is 7.96. The second kappa shape index (κ2) is 7.55. The Morgan fingerprint density at radius 1 is 1.18 bits per heavy atom. The van der Waals surface area contributed by atoms with Crippen molar-refractivity contribution in [2.45, 2.75) is 12.2 Å². The molecule has 0 aliphatic carbocycles. The molecule has 3 rings (SSSR count). The molecule has 1 aromatic heterocycles. The Morgan fingerprint density at radius 3 is 2.39 bits per heavy atom. The number of nitrogens with one attached hydrogen (secondary N) is 2. The number of anilines is 1. The molecule has 0 bridgehead atoms. The van der Waals surface area contributed by atoms with Gasteiger partial charge < -0.3 is 15.7 Å². The number of aliphatic hydroxyl groups excluding tert-OH is 1. The number of benzene rings is 1. The highest BCUT2D eigenvalue weighted by atomic mass is 32.1. The lowest BCUT2D eigenvalue weighted by molar-refractivity contribution is -0.141. The molecule has 146 valence electrons. The summed E-state index contributed by atoms with van der Waals surface area (Å²) in [5, 5.41) is 15.6. The monoisotopic (exact) mass is 411 g/mol. The third kappa shape index (κ3) is 4.28. The topological polar surface area (TPSA) is 74.2 Å². The number of amides is 1. The average Bonchev–Trinajstić information content (AvgIpc) is 2.62. The van der Waals surface area contributed by atoms with Gasteiger partial charge in [-0.1, -0.05) is 18.3 Å². The molecule has 1 aliphatic rings. The molecule has 1 amide bonds. The van der Waals surface area contributed by atoms with Crippen LogP contribution in [0.15, 0.2) is 54.4 Å². The van der Waals surface area contributed by atoms with Gasteiger partial charge in [0.25, 0.3) is 0 Å². The van der Waals surface area contributed by atoms with Crippen molar-refractivity contribution in [1.29, 1.82) is 0 Å². The summed E-state index contributed by atoms with van der Waals surface area (Å²) < 4.78 is 50.8. The van der Waals surface area contributed by atoms with E-state index in [2.05, 4.69) is 15.6 Å². The van der Waals surface area contributed by atoms with E-state index in [1.807, 2.05) is 0 Å². The first-order valence-corrected chi connectivity index (χ1v) is 8.36. The number of hydrogen-bond acceptors (Lipinski definition) is 4. The maximum atomic E-state index is 13.0. The summed E-state index contributed by atoms with van der Waals surface area (Å²) in [7, 11) is 0. The fourth-order valence-corrected chi connectivity index (χ4v) is 2.96. The molecule has 0 fully saturated rings. The van der Waals surface area contributed by atoms with Crippen LogP contribution in [0.5, 0.6) is 0 Å². The predicted octanol–water partition coefficient (Wildman–Crippen LogP) is 3.91. The number of halogens is 4. The van der Waals surface area contributed by atoms with Crippen molar-refractivity contribution in [1.82, 2.24) is 10.3 Å². The van der Waals surface area contributed by atoms with Gasteiger partial charge in [-0.3, -0.25) is 9.78 Å². The summed E-state index contributed by atoms with van der Waals surface area (Å²) in [5.41, 5.74) is -0.362. The van der Waals surface area contributed by atoms with Crippen molar-refractivity contribution in [3.05, 3.63) is 71.5 Å². The van der Waals surface area contributed by atoms with Gasteiger partial charge in [0.05, 0.1) is 6.04 Å². The van der Waals surface area contributed by atoms with Crippen LogP contribution < -0.4 is 10.6 Å². The molecule has 2 heterocycles. The van der Waals surface area contributed by atoms with Crippen molar-refractivity contribution >= 4 is 28.8 Å². The highest BCUT2D eigenvalue weighted by molar-refractivity contribution is 7.80. The van der Waals surface area contributed by atoms with E-state index in [4.69, 9.17) is 12.2 Å². The molecule has 28 heavy (non-hydrogen) atoms. The Bertz CT molecular complexity index is 927. The molecule has 2 aromatic rings. The molecule has 1 aliphatic heterocycles. The van der Waals surface area contributed by atoms with Gasteiger partial charge in [-0.05, 0) is 42.0 Å². The fraction of sp³-hybridized carbons (Fsp3) is 0.167. The van der Waals surface area contributed by atoms with Crippen LogP contribution in [0.4, 0.5) is 23.2 Å². The van der Waals surface area contributed by atoms with E-state index in [1.54, 1.807) is 0 Å². The average molecular weight is 411 g/mol. The van der Waals surface area contributed by atoms with E-state index in [9.17, 15) is 27.5 Å². The number of aliphatic hydroxyl groups is 1. The second-order valence-electron chi connectivity index (χ2n) is 5.98. The number of aromatic nitrogens is 1. The number of thiocarbonyl (C=S) groups is 1. The van der Waals surface area contributed by atoms with Crippen LogP contribution >= 0.6 is 12.2 Å². The van der Waals surface area contributed by atoms with Crippen LogP contribution in [-0.4, -0.2) is 21.0 Å². The van der Waals surface area contributed by atoms with E-state index >= 15 is 0 Å². The van der Waals surface area contributed by atoms with E-state index in [0.29, 0.717) is 5.69 Å². The highest BCUT2D eigenvalue weighted by Crippen LogP contribution is 2.30. The summed E-state index contributed by atoms with van der Waals surface area (Å²) in [5.74, 6) is -2.61. The highest BCUT2D eigenvalue weighted by Gasteiger charge is 2.35. The van der Waals surface area contributed by atoms with E-state index in [1.165, 1.54) is 36.4 Å². The summed E-state index contributed by atoms with van der Waals surface area (Å²) in [6.07, 6.45) is -2.32. The maximum absolute atomic E-state index is 13.0. The second-order valence-corrected chi connectivity index (χ2v) is 6.42. The van der Waals surface area contributed by atoms with Gasteiger partial charge in [0.15, 0.2) is 0 Å². The molecule has 0 spiro atoms. The molecular weight excluding hydrogens is 398 g/mol. The van der Waals surface area contributed by atoms with Crippen molar-refractivity contribution in [3.8, 4) is 0 Å². The molecule has 1 aromatic carbocycles. The van der Waals surface area contributed by atoms with Crippen LogP contribution in [-0.2, 0) is 11.0 Å². The van der Waals surface area contributed by atoms with Crippen LogP contribution in [0.25, 0.3) is 0 Å². The largest absolute Gasteiger partial charge is 0.511 e. The number of hydrogen-bond donors (Lipinski definition) is 3. The van der Waals surface area contributed by atoms with Crippen LogP contribution in [0, 0.1) is 11.7 Å². The molecule has 0 saturated carbocycles. The van der Waals surface area contributed by atoms with Crippen LogP contribution in [0.2, 0.25) is 0 Å².